The van der Waals surface area contributed by atoms with Crippen molar-refractivity contribution < 1.29 is 9.15 Å². The van der Waals surface area contributed by atoms with Crippen LogP contribution in [0.1, 0.15) is 28.6 Å². The van der Waals surface area contributed by atoms with Gasteiger partial charge in [0.15, 0.2) is 5.58 Å². The van der Waals surface area contributed by atoms with Crippen molar-refractivity contribution in [2.24, 2.45) is 7.05 Å². The number of ether oxygens (including phenoxy) is 1. The standard InChI is InChI=1S/C21H18ClN5O2/c1-27-19(14-9-23-4-2-15(14)26-27)17-7-11-6-12(22)8-13(20(11)29-17)18-21-16(3-5-28-21)24-10-25-18/h3,5-6,8,10,17,23H,2,4,7,9H2,1H3/t17-/m1/s1. The van der Waals surface area contributed by atoms with Crippen LogP contribution in [0.4, 0.5) is 0 Å². The van der Waals surface area contributed by atoms with Crippen molar-refractivity contribution in [1.82, 2.24) is 25.1 Å². The zero-order valence-corrected chi connectivity index (χ0v) is 16.5. The van der Waals surface area contributed by atoms with Gasteiger partial charge in [-0.25, -0.2) is 9.97 Å². The van der Waals surface area contributed by atoms with Crippen molar-refractivity contribution in [3.63, 3.8) is 0 Å². The van der Waals surface area contributed by atoms with Gasteiger partial charge in [-0.05, 0) is 12.1 Å². The molecule has 29 heavy (non-hydrogen) atoms. The Balaban J connectivity index is 1.47. The van der Waals surface area contributed by atoms with Crippen molar-refractivity contribution in [3.8, 4) is 17.0 Å². The Labute approximate surface area is 171 Å². The van der Waals surface area contributed by atoms with E-state index >= 15 is 0 Å². The Morgan fingerprint density at radius 3 is 3.14 bits per heavy atom. The third kappa shape index (κ3) is 2.58. The van der Waals surface area contributed by atoms with Gasteiger partial charge in [-0.2, -0.15) is 5.10 Å². The van der Waals surface area contributed by atoms with Gasteiger partial charge in [0.2, 0.25) is 0 Å². The first-order valence-corrected chi connectivity index (χ1v) is 10.00. The second-order valence-electron chi connectivity index (χ2n) is 7.47. The molecule has 5 heterocycles. The van der Waals surface area contributed by atoms with Gasteiger partial charge in [0.25, 0.3) is 0 Å². The van der Waals surface area contributed by atoms with Crippen LogP contribution in [0.3, 0.4) is 0 Å². The largest absolute Gasteiger partial charge is 0.483 e. The van der Waals surface area contributed by atoms with Crippen molar-refractivity contribution in [2.75, 3.05) is 6.54 Å². The summed E-state index contributed by atoms with van der Waals surface area (Å²) in [5, 5.41) is 8.82. The summed E-state index contributed by atoms with van der Waals surface area (Å²) in [6.07, 6.45) is 4.72. The van der Waals surface area contributed by atoms with Gasteiger partial charge < -0.3 is 14.5 Å². The number of rotatable bonds is 2. The molecule has 2 aliphatic heterocycles. The van der Waals surface area contributed by atoms with Crippen molar-refractivity contribution in [2.45, 2.75) is 25.5 Å². The summed E-state index contributed by atoms with van der Waals surface area (Å²) in [5.41, 5.74) is 7.49. The van der Waals surface area contributed by atoms with Crippen LogP contribution in [0.25, 0.3) is 22.4 Å². The van der Waals surface area contributed by atoms with Crippen LogP contribution in [0.2, 0.25) is 5.02 Å². The molecule has 0 radical (unpaired) electrons. The zero-order chi connectivity index (χ0) is 19.5. The van der Waals surface area contributed by atoms with Crippen LogP contribution in [-0.4, -0.2) is 26.3 Å². The zero-order valence-electron chi connectivity index (χ0n) is 15.8. The summed E-state index contributed by atoms with van der Waals surface area (Å²) in [4.78, 5) is 8.73. The van der Waals surface area contributed by atoms with E-state index in [0.717, 1.165) is 59.7 Å². The van der Waals surface area contributed by atoms with Crippen LogP contribution >= 0.6 is 11.6 Å². The number of aryl methyl sites for hydroxylation is 1. The Bertz CT molecular complexity index is 1260. The predicted molar refractivity (Wildman–Crippen MR) is 108 cm³/mol. The first kappa shape index (κ1) is 17.0. The molecule has 0 spiro atoms. The molecule has 1 N–H and O–H groups in total. The highest BCUT2D eigenvalue weighted by Gasteiger charge is 2.34. The fraction of sp³-hybridized carbons (Fsp3) is 0.286. The number of nitrogens with zero attached hydrogens (tertiary/aromatic N) is 4. The molecule has 1 atom stereocenters. The molecule has 0 aliphatic carbocycles. The van der Waals surface area contributed by atoms with E-state index in [1.165, 1.54) is 11.9 Å². The summed E-state index contributed by atoms with van der Waals surface area (Å²) in [7, 11) is 1.99. The molecule has 3 aromatic heterocycles. The van der Waals surface area contributed by atoms with E-state index < -0.39 is 0 Å². The summed E-state index contributed by atoms with van der Waals surface area (Å²) >= 11 is 6.47. The number of hydrogen-bond acceptors (Lipinski definition) is 6. The Kier molecular flexibility index (Phi) is 3.69. The maximum absolute atomic E-state index is 6.51. The molecule has 0 unspecified atom stereocenters. The van der Waals surface area contributed by atoms with Crippen LogP contribution in [-0.2, 0) is 26.4 Å². The van der Waals surface area contributed by atoms with Crippen molar-refractivity contribution in [3.05, 3.63) is 58.3 Å². The fourth-order valence-electron chi connectivity index (χ4n) is 4.49. The maximum atomic E-state index is 6.51. The Morgan fingerprint density at radius 2 is 2.21 bits per heavy atom. The molecule has 0 bridgehead atoms. The minimum absolute atomic E-state index is 0.114. The number of hydrogen-bond donors (Lipinski definition) is 1. The van der Waals surface area contributed by atoms with E-state index in [0.29, 0.717) is 16.3 Å². The molecule has 0 fully saturated rings. The molecule has 0 saturated heterocycles. The Hall–Kier alpha value is -2.90. The quantitative estimate of drug-likeness (QED) is 0.547. The summed E-state index contributed by atoms with van der Waals surface area (Å²) in [6, 6.07) is 5.68. The predicted octanol–water partition coefficient (Wildman–Crippen LogP) is 3.60. The minimum atomic E-state index is -0.114. The van der Waals surface area contributed by atoms with Crippen molar-refractivity contribution in [1.29, 1.82) is 0 Å². The molecule has 0 saturated carbocycles. The Morgan fingerprint density at radius 1 is 1.28 bits per heavy atom. The topological polar surface area (TPSA) is 78.0 Å². The normalized spacial score (nSPS) is 17.9. The number of benzene rings is 1. The van der Waals surface area contributed by atoms with Gasteiger partial charge in [0.05, 0.1) is 17.7 Å². The number of halogens is 1. The van der Waals surface area contributed by atoms with Gasteiger partial charge >= 0.3 is 0 Å². The molecule has 0 amide bonds. The SMILES string of the molecule is Cn1nc2c(c1[C@H]1Cc3cc(Cl)cc(-c4ncnc5ccoc45)c3O1)CNCC2. The van der Waals surface area contributed by atoms with Gasteiger partial charge in [0.1, 0.15) is 29.4 Å². The van der Waals surface area contributed by atoms with E-state index in [4.69, 9.17) is 25.9 Å². The minimum Gasteiger partial charge on any atom is -0.483 e. The summed E-state index contributed by atoms with van der Waals surface area (Å²) in [6.45, 7) is 1.78. The van der Waals surface area contributed by atoms with Gasteiger partial charge in [-0.3, -0.25) is 4.68 Å². The van der Waals surface area contributed by atoms with E-state index in [9.17, 15) is 0 Å². The van der Waals surface area contributed by atoms with Crippen molar-refractivity contribution >= 4 is 22.7 Å². The van der Waals surface area contributed by atoms with Crippen LogP contribution in [0.5, 0.6) is 5.75 Å². The average Bonchev–Trinajstić information content (AvgIpc) is 3.42. The summed E-state index contributed by atoms with van der Waals surface area (Å²) < 4.78 is 14.1. The van der Waals surface area contributed by atoms with Gasteiger partial charge in [-0.1, -0.05) is 11.6 Å². The number of aromatic nitrogens is 4. The fourth-order valence-corrected chi connectivity index (χ4v) is 4.73. The molecular formula is C21H18ClN5O2. The first-order chi connectivity index (χ1) is 14.2. The van der Waals surface area contributed by atoms with Crippen LogP contribution in [0, 0.1) is 0 Å². The molecule has 7 nitrogen and oxygen atoms in total. The summed E-state index contributed by atoms with van der Waals surface area (Å²) in [5.74, 6) is 0.800. The smallest absolute Gasteiger partial charge is 0.178 e. The third-order valence-corrected chi connectivity index (χ3v) is 5.93. The van der Waals surface area contributed by atoms with E-state index in [-0.39, 0.29) is 6.10 Å². The molecule has 4 aromatic rings. The lowest BCUT2D eigenvalue weighted by molar-refractivity contribution is 0.226. The second kappa shape index (κ2) is 6.30. The number of nitrogens with one attached hydrogen (secondary N) is 1. The lowest BCUT2D eigenvalue weighted by Crippen LogP contribution is -2.24. The van der Waals surface area contributed by atoms with E-state index in [1.54, 1.807) is 6.26 Å². The third-order valence-electron chi connectivity index (χ3n) is 5.72. The number of furan rings is 1. The molecule has 6 rings (SSSR count). The molecule has 8 heteroatoms. The first-order valence-electron chi connectivity index (χ1n) is 9.62. The molecule has 146 valence electrons. The average molecular weight is 408 g/mol. The van der Waals surface area contributed by atoms with E-state index in [1.807, 2.05) is 29.9 Å². The lowest BCUT2D eigenvalue weighted by atomic mass is 9.99. The molecule has 2 aliphatic rings. The van der Waals surface area contributed by atoms with Gasteiger partial charge in [-0.15, -0.1) is 0 Å². The van der Waals surface area contributed by atoms with Crippen LogP contribution < -0.4 is 10.1 Å². The second-order valence-corrected chi connectivity index (χ2v) is 7.91. The molecule has 1 aromatic carbocycles. The van der Waals surface area contributed by atoms with Crippen LogP contribution in [0.15, 0.2) is 35.2 Å². The van der Waals surface area contributed by atoms with E-state index in [2.05, 4.69) is 15.3 Å². The molecular weight excluding hydrogens is 390 g/mol. The highest BCUT2D eigenvalue weighted by Crippen LogP contribution is 2.46. The maximum Gasteiger partial charge on any atom is 0.178 e. The van der Waals surface area contributed by atoms with Gasteiger partial charge in [0, 0.05) is 60.8 Å². The number of fused-ring (bicyclic) bond motifs is 3. The lowest BCUT2D eigenvalue weighted by Gasteiger charge is -2.17. The highest BCUT2D eigenvalue weighted by molar-refractivity contribution is 6.31. The monoisotopic (exact) mass is 407 g/mol. The highest BCUT2D eigenvalue weighted by atomic mass is 35.5.